The molecule has 1 aromatic carbocycles. The van der Waals surface area contributed by atoms with Gasteiger partial charge in [-0.25, -0.2) is 0 Å². The summed E-state index contributed by atoms with van der Waals surface area (Å²) >= 11 is 0. The van der Waals surface area contributed by atoms with Gasteiger partial charge in [-0.1, -0.05) is 12.1 Å². The van der Waals surface area contributed by atoms with E-state index in [-0.39, 0.29) is 12.1 Å². The van der Waals surface area contributed by atoms with Crippen LogP contribution in [0.15, 0.2) is 24.3 Å². The van der Waals surface area contributed by atoms with Crippen LogP contribution in [0.2, 0.25) is 0 Å². The summed E-state index contributed by atoms with van der Waals surface area (Å²) < 4.78 is 0. The van der Waals surface area contributed by atoms with Crippen molar-refractivity contribution in [2.24, 2.45) is 0 Å². The normalized spacial score (nSPS) is 16.4. The van der Waals surface area contributed by atoms with Crippen molar-refractivity contribution < 1.29 is 5.11 Å². The molecule has 3 heteroatoms. The van der Waals surface area contributed by atoms with Crippen LogP contribution >= 0.6 is 0 Å². The molecule has 0 saturated carbocycles. The second kappa shape index (κ2) is 9.40. The van der Waals surface area contributed by atoms with Crippen LogP contribution in [0.5, 0.6) is 0 Å². The first-order chi connectivity index (χ1) is 11.9. The monoisotopic (exact) mass is 344 g/mol. The van der Waals surface area contributed by atoms with Gasteiger partial charge in [-0.15, -0.1) is 0 Å². The number of aliphatic hydroxyl groups is 1. The van der Waals surface area contributed by atoms with E-state index < -0.39 is 0 Å². The standard InChI is InChI=1S/C22H36N2O/c1-22(2,3)24-14-12-17(13-15-25)19-10-11-21(23-4)20(16-19)18-8-6-5-7-9-18/h8,10-11,16-17,23-25H,5-7,9,12-15H2,1-4H3. The first-order valence-corrected chi connectivity index (χ1v) is 9.81. The van der Waals surface area contributed by atoms with Crippen molar-refractivity contribution >= 4 is 11.3 Å². The molecular weight excluding hydrogens is 308 g/mol. The molecule has 0 bridgehead atoms. The van der Waals surface area contributed by atoms with Crippen molar-refractivity contribution in [2.75, 3.05) is 25.5 Å². The van der Waals surface area contributed by atoms with Gasteiger partial charge in [0.2, 0.25) is 0 Å². The molecule has 0 spiro atoms. The molecule has 1 aliphatic rings. The molecule has 3 N–H and O–H groups in total. The predicted molar refractivity (Wildman–Crippen MR) is 109 cm³/mol. The van der Waals surface area contributed by atoms with Gasteiger partial charge in [0.15, 0.2) is 0 Å². The highest BCUT2D eigenvalue weighted by Gasteiger charge is 2.17. The summed E-state index contributed by atoms with van der Waals surface area (Å²) in [5.74, 6) is 0.397. The molecule has 0 aliphatic heterocycles. The zero-order valence-electron chi connectivity index (χ0n) is 16.5. The van der Waals surface area contributed by atoms with Gasteiger partial charge in [-0.2, -0.15) is 0 Å². The molecule has 3 nitrogen and oxygen atoms in total. The molecule has 0 fully saturated rings. The van der Waals surface area contributed by atoms with E-state index in [1.54, 1.807) is 0 Å². The van der Waals surface area contributed by atoms with Crippen molar-refractivity contribution in [2.45, 2.75) is 70.8 Å². The average Bonchev–Trinajstić information content (AvgIpc) is 2.60. The van der Waals surface area contributed by atoms with Crippen molar-refractivity contribution in [3.63, 3.8) is 0 Å². The highest BCUT2D eigenvalue weighted by molar-refractivity contribution is 5.77. The molecule has 0 aromatic heterocycles. The van der Waals surface area contributed by atoms with Gasteiger partial charge >= 0.3 is 0 Å². The van der Waals surface area contributed by atoms with E-state index in [4.69, 9.17) is 0 Å². The summed E-state index contributed by atoms with van der Waals surface area (Å²) in [7, 11) is 2.00. The second-order valence-corrected chi connectivity index (χ2v) is 8.20. The first-order valence-electron chi connectivity index (χ1n) is 9.81. The van der Waals surface area contributed by atoms with E-state index >= 15 is 0 Å². The van der Waals surface area contributed by atoms with E-state index in [1.165, 1.54) is 48.1 Å². The molecule has 25 heavy (non-hydrogen) atoms. The van der Waals surface area contributed by atoms with Crippen LogP contribution in [-0.2, 0) is 0 Å². The minimum absolute atomic E-state index is 0.137. The summed E-state index contributed by atoms with van der Waals surface area (Å²) in [5, 5.41) is 16.5. The Hall–Kier alpha value is -1.32. The molecule has 140 valence electrons. The lowest BCUT2D eigenvalue weighted by Gasteiger charge is -2.24. The van der Waals surface area contributed by atoms with Crippen molar-refractivity contribution in [3.8, 4) is 0 Å². The Balaban J connectivity index is 2.20. The van der Waals surface area contributed by atoms with Gasteiger partial charge in [0.05, 0.1) is 0 Å². The maximum Gasteiger partial charge on any atom is 0.0436 e. The number of hydrogen-bond acceptors (Lipinski definition) is 3. The molecule has 0 amide bonds. The fourth-order valence-electron chi connectivity index (χ4n) is 3.64. The molecular formula is C22H36N2O. The smallest absolute Gasteiger partial charge is 0.0436 e. The minimum atomic E-state index is 0.137. The van der Waals surface area contributed by atoms with Gasteiger partial charge in [-0.3, -0.25) is 0 Å². The Morgan fingerprint density at radius 1 is 1.16 bits per heavy atom. The van der Waals surface area contributed by atoms with Crippen LogP contribution in [0.1, 0.15) is 76.3 Å². The van der Waals surface area contributed by atoms with E-state index in [0.29, 0.717) is 5.92 Å². The third kappa shape index (κ3) is 6.16. The predicted octanol–water partition coefficient (Wildman–Crippen LogP) is 4.93. The molecule has 1 aromatic rings. The van der Waals surface area contributed by atoms with Crippen LogP contribution in [0.4, 0.5) is 5.69 Å². The third-order valence-corrected chi connectivity index (χ3v) is 5.05. The average molecular weight is 345 g/mol. The van der Waals surface area contributed by atoms with Crippen LogP contribution in [0, 0.1) is 0 Å². The van der Waals surface area contributed by atoms with Crippen LogP contribution in [-0.4, -0.2) is 30.8 Å². The highest BCUT2D eigenvalue weighted by Crippen LogP contribution is 2.35. The van der Waals surface area contributed by atoms with Gasteiger partial charge in [0.1, 0.15) is 0 Å². The van der Waals surface area contributed by atoms with Crippen molar-refractivity contribution in [1.82, 2.24) is 5.32 Å². The zero-order chi connectivity index (χ0) is 18.3. The molecule has 1 aliphatic carbocycles. The molecule has 0 radical (unpaired) electrons. The van der Waals surface area contributed by atoms with Crippen molar-refractivity contribution in [1.29, 1.82) is 0 Å². The molecule has 0 saturated heterocycles. The number of nitrogens with one attached hydrogen (secondary N) is 2. The number of hydrogen-bond donors (Lipinski definition) is 3. The van der Waals surface area contributed by atoms with Crippen LogP contribution in [0.25, 0.3) is 5.57 Å². The molecule has 1 unspecified atom stereocenters. The number of benzene rings is 1. The largest absolute Gasteiger partial charge is 0.396 e. The van der Waals surface area contributed by atoms with Crippen LogP contribution in [0.3, 0.4) is 0 Å². The fraction of sp³-hybridized carbons (Fsp3) is 0.636. The van der Waals surface area contributed by atoms with E-state index in [0.717, 1.165) is 19.4 Å². The Kier molecular flexibility index (Phi) is 7.52. The molecule has 0 heterocycles. The number of rotatable bonds is 8. The van der Waals surface area contributed by atoms with E-state index in [9.17, 15) is 5.11 Å². The SMILES string of the molecule is CNc1ccc(C(CCO)CCNC(C)(C)C)cc1C1=CCCCC1. The Labute approximate surface area is 153 Å². The maximum atomic E-state index is 9.53. The summed E-state index contributed by atoms with van der Waals surface area (Å²) in [6.45, 7) is 7.81. The first kappa shape index (κ1) is 20.0. The van der Waals surface area contributed by atoms with Gasteiger partial charge < -0.3 is 15.7 Å². The van der Waals surface area contributed by atoms with E-state index in [1.807, 2.05) is 7.05 Å². The Morgan fingerprint density at radius 2 is 1.96 bits per heavy atom. The summed E-state index contributed by atoms with van der Waals surface area (Å²) in [6.07, 6.45) is 9.25. The van der Waals surface area contributed by atoms with Crippen molar-refractivity contribution in [3.05, 3.63) is 35.4 Å². The lowest BCUT2D eigenvalue weighted by Crippen LogP contribution is -2.36. The quantitative estimate of drug-likeness (QED) is 0.626. The fourth-order valence-corrected chi connectivity index (χ4v) is 3.64. The minimum Gasteiger partial charge on any atom is -0.396 e. The molecule has 2 rings (SSSR count). The van der Waals surface area contributed by atoms with Crippen LogP contribution < -0.4 is 10.6 Å². The van der Waals surface area contributed by atoms with E-state index in [2.05, 4.69) is 55.7 Å². The number of aliphatic hydroxyl groups excluding tert-OH is 1. The second-order valence-electron chi connectivity index (χ2n) is 8.20. The van der Waals surface area contributed by atoms with Gasteiger partial charge in [-0.05, 0) is 95.0 Å². The lowest BCUT2D eigenvalue weighted by atomic mass is 9.87. The van der Waals surface area contributed by atoms with Gasteiger partial charge in [0.25, 0.3) is 0 Å². The highest BCUT2D eigenvalue weighted by atomic mass is 16.3. The topological polar surface area (TPSA) is 44.3 Å². The number of allylic oxidation sites excluding steroid dienone is 2. The zero-order valence-corrected chi connectivity index (χ0v) is 16.5. The summed E-state index contributed by atoms with van der Waals surface area (Å²) in [5.41, 5.74) is 5.54. The number of anilines is 1. The van der Waals surface area contributed by atoms with Gasteiger partial charge in [0, 0.05) is 30.4 Å². The lowest BCUT2D eigenvalue weighted by molar-refractivity contribution is 0.270. The maximum absolute atomic E-state index is 9.53. The Morgan fingerprint density at radius 3 is 2.56 bits per heavy atom. The summed E-state index contributed by atoms with van der Waals surface area (Å²) in [4.78, 5) is 0. The third-order valence-electron chi connectivity index (χ3n) is 5.05. The molecule has 1 atom stereocenters. The summed E-state index contributed by atoms with van der Waals surface area (Å²) in [6, 6.07) is 6.80. The Bertz CT molecular complexity index is 572.